The molecule has 5 nitrogen and oxygen atoms in total. The van der Waals surface area contributed by atoms with E-state index in [4.69, 9.17) is 4.74 Å². The number of likely N-dealkylation sites (tertiary alicyclic amines) is 1. The summed E-state index contributed by atoms with van der Waals surface area (Å²) < 4.78 is 18.1. The summed E-state index contributed by atoms with van der Waals surface area (Å²) in [5, 5.41) is 2.92. The molecule has 0 atom stereocenters. The van der Waals surface area contributed by atoms with Crippen LogP contribution in [-0.4, -0.2) is 42.6 Å². The van der Waals surface area contributed by atoms with Crippen molar-refractivity contribution in [1.82, 2.24) is 10.2 Å². The average molecular weight is 322 g/mol. The van der Waals surface area contributed by atoms with Gasteiger partial charge in [-0.1, -0.05) is 13.8 Å². The predicted molar refractivity (Wildman–Crippen MR) is 84.6 cm³/mol. The fourth-order valence-electron chi connectivity index (χ4n) is 2.41. The van der Waals surface area contributed by atoms with Crippen LogP contribution < -0.4 is 5.32 Å². The number of benzene rings is 1. The number of carbonyl (C=O) groups is 2. The van der Waals surface area contributed by atoms with Crippen molar-refractivity contribution in [2.75, 3.05) is 19.7 Å². The van der Waals surface area contributed by atoms with E-state index in [2.05, 4.69) is 5.32 Å². The Morgan fingerprint density at radius 2 is 1.87 bits per heavy atom. The highest BCUT2D eigenvalue weighted by Crippen LogP contribution is 2.13. The van der Waals surface area contributed by atoms with Gasteiger partial charge in [-0.3, -0.25) is 4.79 Å². The second-order valence-electron chi connectivity index (χ2n) is 6.21. The van der Waals surface area contributed by atoms with Crippen LogP contribution >= 0.6 is 0 Å². The van der Waals surface area contributed by atoms with E-state index >= 15 is 0 Å². The van der Waals surface area contributed by atoms with Crippen LogP contribution in [0, 0.1) is 11.7 Å². The van der Waals surface area contributed by atoms with Crippen molar-refractivity contribution in [3.8, 4) is 0 Å². The van der Waals surface area contributed by atoms with Gasteiger partial charge in [0.05, 0.1) is 6.61 Å². The molecule has 1 aromatic rings. The summed E-state index contributed by atoms with van der Waals surface area (Å²) >= 11 is 0. The van der Waals surface area contributed by atoms with Gasteiger partial charge in [0.15, 0.2) is 0 Å². The minimum atomic E-state index is -0.366. The minimum Gasteiger partial charge on any atom is -0.449 e. The molecular weight excluding hydrogens is 299 g/mol. The van der Waals surface area contributed by atoms with Gasteiger partial charge in [0.25, 0.3) is 5.91 Å². The van der Waals surface area contributed by atoms with Crippen molar-refractivity contribution in [3.05, 3.63) is 35.6 Å². The number of piperidine rings is 1. The van der Waals surface area contributed by atoms with E-state index in [1.165, 1.54) is 24.3 Å². The predicted octanol–water partition coefficient (Wildman–Crippen LogP) is 2.81. The molecule has 0 radical (unpaired) electrons. The first-order valence-electron chi connectivity index (χ1n) is 7.94. The first-order valence-corrected chi connectivity index (χ1v) is 7.94. The first-order chi connectivity index (χ1) is 11.0. The fourth-order valence-corrected chi connectivity index (χ4v) is 2.41. The van der Waals surface area contributed by atoms with Crippen molar-refractivity contribution in [3.63, 3.8) is 0 Å². The van der Waals surface area contributed by atoms with Crippen LogP contribution in [0.2, 0.25) is 0 Å². The Labute approximate surface area is 135 Å². The maximum Gasteiger partial charge on any atom is 0.409 e. The normalized spacial score (nSPS) is 15.6. The van der Waals surface area contributed by atoms with Crippen LogP contribution in [0.3, 0.4) is 0 Å². The Morgan fingerprint density at radius 3 is 2.43 bits per heavy atom. The molecule has 23 heavy (non-hydrogen) atoms. The van der Waals surface area contributed by atoms with Gasteiger partial charge in [-0.2, -0.15) is 0 Å². The van der Waals surface area contributed by atoms with Crippen molar-refractivity contribution >= 4 is 12.0 Å². The van der Waals surface area contributed by atoms with Crippen LogP contribution in [-0.2, 0) is 4.74 Å². The molecule has 1 N–H and O–H groups in total. The highest BCUT2D eigenvalue weighted by atomic mass is 19.1. The number of amides is 2. The standard InChI is InChI=1S/C17H23FN2O3/c1-12(2)11-23-17(22)20-9-7-15(8-10-20)19-16(21)13-3-5-14(18)6-4-13/h3-6,12,15H,7-11H2,1-2H3,(H,19,21). The summed E-state index contributed by atoms with van der Waals surface area (Å²) in [6, 6.07) is 5.47. The Kier molecular flexibility index (Phi) is 5.96. The third kappa shape index (κ3) is 5.23. The van der Waals surface area contributed by atoms with Gasteiger partial charge in [0.2, 0.25) is 0 Å². The van der Waals surface area contributed by atoms with E-state index in [0.717, 1.165) is 0 Å². The van der Waals surface area contributed by atoms with Gasteiger partial charge >= 0.3 is 6.09 Å². The van der Waals surface area contributed by atoms with Gasteiger partial charge in [-0.15, -0.1) is 0 Å². The Hall–Kier alpha value is -2.11. The fraction of sp³-hybridized carbons (Fsp3) is 0.529. The maximum atomic E-state index is 12.9. The van der Waals surface area contributed by atoms with Crippen molar-refractivity contribution in [1.29, 1.82) is 0 Å². The van der Waals surface area contributed by atoms with Crippen molar-refractivity contribution in [2.24, 2.45) is 5.92 Å². The molecular formula is C17H23FN2O3. The van der Waals surface area contributed by atoms with Gasteiger partial charge in [-0.25, -0.2) is 9.18 Å². The third-order valence-electron chi connectivity index (χ3n) is 3.73. The lowest BCUT2D eigenvalue weighted by Gasteiger charge is -2.31. The average Bonchev–Trinajstić information content (AvgIpc) is 2.54. The summed E-state index contributed by atoms with van der Waals surface area (Å²) in [4.78, 5) is 25.6. The molecule has 6 heteroatoms. The molecule has 0 saturated carbocycles. The lowest BCUT2D eigenvalue weighted by molar-refractivity contribution is 0.0785. The number of hydrogen-bond acceptors (Lipinski definition) is 3. The number of nitrogens with zero attached hydrogens (tertiary/aromatic N) is 1. The van der Waals surface area contributed by atoms with Crippen LogP contribution in [0.1, 0.15) is 37.0 Å². The molecule has 0 aliphatic carbocycles. The Bertz CT molecular complexity index is 537. The van der Waals surface area contributed by atoms with Gasteiger partial charge in [-0.05, 0) is 43.0 Å². The Morgan fingerprint density at radius 1 is 1.26 bits per heavy atom. The maximum absolute atomic E-state index is 12.9. The summed E-state index contributed by atoms with van der Waals surface area (Å²) in [7, 11) is 0. The number of halogens is 1. The van der Waals surface area contributed by atoms with Gasteiger partial charge in [0, 0.05) is 24.7 Å². The third-order valence-corrected chi connectivity index (χ3v) is 3.73. The lowest BCUT2D eigenvalue weighted by atomic mass is 10.0. The molecule has 0 aromatic heterocycles. The second-order valence-corrected chi connectivity index (χ2v) is 6.21. The molecule has 0 spiro atoms. The second kappa shape index (κ2) is 7.94. The topological polar surface area (TPSA) is 58.6 Å². The monoisotopic (exact) mass is 322 g/mol. The summed E-state index contributed by atoms with van der Waals surface area (Å²) in [6.07, 6.45) is 1.08. The molecule has 1 aliphatic rings. The van der Waals surface area contributed by atoms with E-state index in [1.807, 2.05) is 13.8 Å². The number of nitrogens with one attached hydrogen (secondary N) is 1. The highest BCUT2D eigenvalue weighted by molar-refractivity contribution is 5.94. The largest absolute Gasteiger partial charge is 0.449 e. The quantitative estimate of drug-likeness (QED) is 0.927. The van der Waals surface area contributed by atoms with Crippen molar-refractivity contribution < 1.29 is 18.7 Å². The van der Waals surface area contributed by atoms with Crippen LogP contribution in [0.4, 0.5) is 9.18 Å². The zero-order valence-corrected chi connectivity index (χ0v) is 13.5. The molecule has 1 fully saturated rings. The molecule has 126 valence electrons. The molecule has 1 heterocycles. The smallest absolute Gasteiger partial charge is 0.409 e. The first kappa shape index (κ1) is 17.2. The number of ether oxygens (including phenoxy) is 1. The zero-order chi connectivity index (χ0) is 16.8. The van der Waals surface area contributed by atoms with Crippen molar-refractivity contribution in [2.45, 2.75) is 32.7 Å². The van der Waals surface area contributed by atoms with Gasteiger partial charge in [0.1, 0.15) is 5.82 Å². The number of carbonyl (C=O) groups excluding carboxylic acids is 2. The molecule has 1 saturated heterocycles. The van der Waals surface area contributed by atoms with E-state index in [0.29, 0.717) is 44.0 Å². The lowest BCUT2D eigenvalue weighted by Crippen LogP contribution is -2.46. The summed E-state index contributed by atoms with van der Waals surface area (Å²) in [6.45, 7) is 5.52. The van der Waals surface area contributed by atoms with Crippen LogP contribution in [0.5, 0.6) is 0 Å². The van der Waals surface area contributed by atoms with Gasteiger partial charge < -0.3 is 15.0 Å². The Balaban J connectivity index is 1.77. The molecule has 2 amide bonds. The molecule has 2 rings (SSSR count). The molecule has 1 aromatic carbocycles. The summed E-state index contributed by atoms with van der Waals surface area (Å²) in [5.74, 6) is -0.271. The number of hydrogen-bond donors (Lipinski definition) is 1. The van der Waals surface area contributed by atoms with E-state index in [1.54, 1.807) is 4.90 Å². The minimum absolute atomic E-state index is 0.0155. The van der Waals surface area contributed by atoms with Crippen LogP contribution in [0.25, 0.3) is 0 Å². The highest BCUT2D eigenvalue weighted by Gasteiger charge is 2.25. The van der Waals surface area contributed by atoms with E-state index in [9.17, 15) is 14.0 Å². The SMILES string of the molecule is CC(C)COC(=O)N1CCC(NC(=O)c2ccc(F)cc2)CC1. The molecule has 0 bridgehead atoms. The molecule has 0 unspecified atom stereocenters. The van der Waals surface area contributed by atoms with E-state index in [-0.39, 0.29) is 23.9 Å². The van der Waals surface area contributed by atoms with E-state index < -0.39 is 0 Å². The summed E-state index contributed by atoms with van der Waals surface area (Å²) in [5.41, 5.74) is 0.435. The van der Waals surface area contributed by atoms with Crippen LogP contribution in [0.15, 0.2) is 24.3 Å². The number of rotatable bonds is 4. The zero-order valence-electron chi connectivity index (χ0n) is 13.5. The molecule has 1 aliphatic heterocycles.